The Morgan fingerprint density at radius 1 is 1.14 bits per heavy atom. The van der Waals surface area contributed by atoms with Crippen LogP contribution < -0.4 is 9.64 Å². The Morgan fingerprint density at radius 2 is 1.96 bits per heavy atom. The molecule has 0 amide bonds. The summed E-state index contributed by atoms with van der Waals surface area (Å²) in [6.07, 6.45) is 1.88. The van der Waals surface area contributed by atoms with E-state index in [0.717, 1.165) is 46.9 Å². The number of aryl methyl sites for hydroxylation is 1. The molecule has 0 atom stereocenters. The molecule has 8 heteroatoms. The maximum absolute atomic E-state index is 5.70. The normalized spacial score (nSPS) is 14.6. The lowest BCUT2D eigenvalue weighted by Crippen LogP contribution is -2.37. The van der Waals surface area contributed by atoms with Gasteiger partial charge in [0.1, 0.15) is 18.2 Å². The summed E-state index contributed by atoms with van der Waals surface area (Å²) >= 11 is 0. The zero-order valence-electron chi connectivity index (χ0n) is 16.5. The van der Waals surface area contributed by atoms with Crippen LogP contribution in [0, 0.1) is 6.92 Å². The third-order valence-electron chi connectivity index (χ3n) is 4.96. The lowest BCUT2D eigenvalue weighted by Gasteiger charge is -2.29. The number of methoxy groups -OCH3 is 1. The molecule has 148 valence electrons. The first kappa shape index (κ1) is 18.6. The minimum atomic E-state index is 0.367. The van der Waals surface area contributed by atoms with Crippen molar-refractivity contribution in [3.8, 4) is 17.4 Å². The maximum atomic E-state index is 5.70. The molecule has 1 aliphatic rings. The number of imidazole rings is 1. The highest BCUT2D eigenvalue weighted by Crippen LogP contribution is 2.31. The van der Waals surface area contributed by atoms with Gasteiger partial charge >= 0.3 is 6.01 Å². The molecule has 1 aromatic carbocycles. The Bertz CT molecular complexity index is 966. The summed E-state index contributed by atoms with van der Waals surface area (Å²) in [6.45, 7) is 5.89. The first-order chi connectivity index (χ1) is 13.7. The Hall–Kier alpha value is -2.71. The number of aromatic nitrogens is 4. The number of anilines is 1. The van der Waals surface area contributed by atoms with E-state index < -0.39 is 0 Å². The van der Waals surface area contributed by atoms with Crippen LogP contribution in [-0.2, 0) is 16.5 Å². The molecular formula is C20H25N5O3. The molecule has 4 rings (SSSR count). The van der Waals surface area contributed by atoms with Gasteiger partial charge in [0.2, 0.25) is 0 Å². The summed E-state index contributed by atoms with van der Waals surface area (Å²) < 4.78 is 18.4. The fraction of sp³-hybridized carbons (Fsp3) is 0.450. The van der Waals surface area contributed by atoms with Gasteiger partial charge < -0.3 is 23.7 Å². The van der Waals surface area contributed by atoms with Crippen LogP contribution >= 0.6 is 0 Å². The molecule has 0 saturated carbocycles. The molecule has 3 heterocycles. The Balaban J connectivity index is 1.79. The molecule has 3 aromatic rings. The zero-order chi connectivity index (χ0) is 19.5. The number of nitrogens with zero attached hydrogens (tertiary/aromatic N) is 5. The molecule has 0 N–H and O–H groups in total. The van der Waals surface area contributed by atoms with Crippen LogP contribution in [0.25, 0.3) is 22.3 Å². The fourth-order valence-electron chi connectivity index (χ4n) is 3.29. The van der Waals surface area contributed by atoms with Gasteiger partial charge in [0.05, 0.1) is 25.3 Å². The van der Waals surface area contributed by atoms with Gasteiger partial charge in [-0.3, -0.25) is 0 Å². The van der Waals surface area contributed by atoms with Crippen LogP contribution in [0.4, 0.5) is 5.82 Å². The van der Waals surface area contributed by atoms with E-state index in [0.29, 0.717) is 32.4 Å². The average Bonchev–Trinajstić information content (AvgIpc) is 3.06. The van der Waals surface area contributed by atoms with Gasteiger partial charge in [-0.25, -0.2) is 4.98 Å². The molecule has 1 aliphatic heterocycles. The van der Waals surface area contributed by atoms with Crippen LogP contribution in [0.1, 0.15) is 5.69 Å². The molecule has 1 fully saturated rings. The monoisotopic (exact) mass is 383 g/mol. The number of morpholine rings is 1. The Kier molecular flexibility index (Phi) is 5.40. The van der Waals surface area contributed by atoms with E-state index in [4.69, 9.17) is 19.2 Å². The van der Waals surface area contributed by atoms with E-state index in [-0.39, 0.29) is 0 Å². The van der Waals surface area contributed by atoms with Crippen molar-refractivity contribution in [2.75, 3.05) is 51.5 Å². The molecule has 2 aromatic heterocycles. The van der Waals surface area contributed by atoms with Crippen molar-refractivity contribution in [3.05, 3.63) is 30.1 Å². The van der Waals surface area contributed by atoms with Gasteiger partial charge in [-0.2, -0.15) is 9.97 Å². The van der Waals surface area contributed by atoms with Gasteiger partial charge in [0.25, 0.3) is 0 Å². The summed E-state index contributed by atoms with van der Waals surface area (Å²) in [6, 6.07) is 6.52. The van der Waals surface area contributed by atoms with E-state index >= 15 is 0 Å². The highest BCUT2D eigenvalue weighted by Gasteiger charge is 2.19. The van der Waals surface area contributed by atoms with Crippen molar-refractivity contribution in [1.82, 2.24) is 19.5 Å². The summed E-state index contributed by atoms with van der Waals surface area (Å²) in [5, 5.41) is 0.985. The van der Waals surface area contributed by atoms with E-state index in [1.807, 2.05) is 32.3 Å². The van der Waals surface area contributed by atoms with Crippen LogP contribution in [-0.4, -0.2) is 66.1 Å². The van der Waals surface area contributed by atoms with E-state index in [1.54, 1.807) is 7.11 Å². The molecule has 1 saturated heterocycles. The fourth-order valence-corrected chi connectivity index (χ4v) is 3.29. The second-order valence-corrected chi connectivity index (χ2v) is 6.78. The molecule has 28 heavy (non-hydrogen) atoms. The molecule has 0 radical (unpaired) electrons. The van der Waals surface area contributed by atoms with Crippen LogP contribution in [0.3, 0.4) is 0 Å². The van der Waals surface area contributed by atoms with E-state index in [9.17, 15) is 0 Å². The quantitative estimate of drug-likeness (QED) is 0.604. The van der Waals surface area contributed by atoms with Gasteiger partial charge in [-0.05, 0) is 25.1 Å². The number of hydrogen-bond donors (Lipinski definition) is 0. The summed E-state index contributed by atoms with van der Waals surface area (Å²) in [7, 11) is 3.67. The smallest absolute Gasteiger partial charge is 0.319 e. The van der Waals surface area contributed by atoms with Gasteiger partial charge in [0.15, 0.2) is 0 Å². The lowest BCUT2D eigenvalue weighted by molar-refractivity contribution is 0.122. The lowest BCUT2D eigenvalue weighted by atomic mass is 10.1. The third kappa shape index (κ3) is 3.65. The van der Waals surface area contributed by atoms with Gasteiger partial charge in [-0.1, -0.05) is 0 Å². The SMILES string of the molecule is COCCOc1nc(N2CCOCC2)c2cc(-c3ncc(C)n3C)ccc2n1. The second kappa shape index (κ2) is 8.12. The minimum Gasteiger partial charge on any atom is -0.461 e. The van der Waals surface area contributed by atoms with E-state index in [1.165, 1.54) is 0 Å². The molecular weight excluding hydrogens is 358 g/mol. The van der Waals surface area contributed by atoms with Crippen molar-refractivity contribution in [3.63, 3.8) is 0 Å². The highest BCUT2D eigenvalue weighted by molar-refractivity contribution is 5.93. The second-order valence-electron chi connectivity index (χ2n) is 6.78. The average molecular weight is 383 g/mol. The summed E-state index contributed by atoms with van der Waals surface area (Å²) in [4.78, 5) is 16.1. The third-order valence-corrected chi connectivity index (χ3v) is 4.96. The predicted octanol–water partition coefficient (Wildman–Crippen LogP) is 2.20. The molecule has 8 nitrogen and oxygen atoms in total. The minimum absolute atomic E-state index is 0.367. The predicted molar refractivity (Wildman–Crippen MR) is 107 cm³/mol. The Morgan fingerprint density at radius 3 is 2.68 bits per heavy atom. The van der Waals surface area contributed by atoms with E-state index in [2.05, 4.69) is 25.5 Å². The van der Waals surface area contributed by atoms with Crippen molar-refractivity contribution in [2.24, 2.45) is 7.05 Å². The van der Waals surface area contributed by atoms with Gasteiger partial charge in [0, 0.05) is 50.1 Å². The number of rotatable bonds is 6. The van der Waals surface area contributed by atoms with Crippen molar-refractivity contribution >= 4 is 16.7 Å². The first-order valence-corrected chi connectivity index (χ1v) is 9.42. The Labute approximate surface area is 164 Å². The molecule has 0 spiro atoms. The van der Waals surface area contributed by atoms with Crippen LogP contribution in [0.15, 0.2) is 24.4 Å². The number of benzene rings is 1. The number of fused-ring (bicyclic) bond motifs is 1. The van der Waals surface area contributed by atoms with Crippen molar-refractivity contribution in [2.45, 2.75) is 6.92 Å². The number of hydrogen-bond acceptors (Lipinski definition) is 7. The zero-order valence-corrected chi connectivity index (χ0v) is 16.5. The summed E-state index contributed by atoms with van der Waals surface area (Å²) in [5.74, 6) is 1.79. The largest absolute Gasteiger partial charge is 0.461 e. The van der Waals surface area contributed by atoms with Crippen molar-refractivity contribution < 1.29 is 14.2 Å². The van der Waals surface area contributed by atoms with Crippen molar-refractivity contribution in [1.29, 1.82) is 0 Å². The molecule has 0 bridgehead atoms. The number of ether oxygens (including phenoxy) is 3. The highest BCUT2D eigenvalue weighted by atomic mass is 16.5. The van der Waals surface area contributed by atoms with Crippen LogP contribution in [0.2, 0.25) is 0 Å². The van der Waals surface area contributed by atoms with Gasteiger partial charge in [-0.15, -0.1) is 0 Å². The maximum Gasteiger partial charge on any atom is 0.319 e. The topological polar surface area (TPSA) is 74.5 Å². The summed E-state index contributed by atoms with van der Waals surface area (Å²) in [5.41, 5.74) is 2.99. The first-order valence-electron chi connectivity index (χ1n) is 9.42. The molecule has 0 unspecified atom stereocenters. The van der Waals surface area contributed by atoms with Crippen LogP contribution in [0.5, 0.6) is 6.01 Å². The standard InChI is InChI=1S/C20H25N5O3/c1-14-13-21-18(24(14)2)15-4-5-17-16(12-15)19(25-6-8-27-9-7-25)23-20(22-17)28-11-10-26-3/h4-5,12-13H,6-11H2,1-3H3. The molecule has 0 aliphatic carbocycles.